The molecule has 0 saturated heterocycles. The summed E-state index contributed by atoms with van der Waals surface area (Å²) in [5.41, 5.74) is -0.681. The Morgan fingerprint density at radius 3 is 2.62 bits per heavy atom. The summed E-state index contributed by atoms with van der Waals surface area (Å²) >= 11 is 0. The molecule has 3 N–H and O–H groups in total. The predicted octanol–water partition coefficient (Wildman–Crippen LogP) is 0.853. The number of nitrogens with zero attached hydrogens (tertiary/aromatic N) is 2. The van der Waals surface area contributed by atoms with E-state index in [1.165, 1.54) is 6.33 Å². The Balaban J connectivity index is 2.06. The lowest BCUT2D eigenvalue weighted by Crippen LogP contribution is -2.38. The Morgan fingerprint density at radius 2 is 2.05 bits per heavy atom. The van der Waals surface area contributed by atoms with E-state index in [-0.39, 0.29) is 18.9 Å². The number of hydrogen-bond acceptors (Lipinski definition) is 4. The van der Waals surface area contributed by atoms with Crippen LogP contribution in [-0.2, 0) is 21.5 Å². The predicted molar refractivity (Wildman–Crippen MR) is 74.3 cm³/mol. The van der Waals surface area contributed by atoms with Gasteiger partial charge in [0.05, 0.1) is 12.0 Å². The molecule has 0 aliphatic rings. The first-order chi connectivity index (χ1) is 10.0. The summed E-state index contributed by atoms with van der Waals surface area (Å²) < 4.78 is 0. The van der Waals surface area contributed by atoms with Gasteiger partial charge in [-0.15, -0.1) is 0 Å². The number of nitrogens with one attached hydrogen (secondary N) is 2. The highest BCUT2D eigenvalue weighted by molar-refractivity contribution is 5.89. The molecular formula is C14H16N4O3. The molecule has 1 aromatic heterocycles. The fourth-order valence-electron chi connectivity index (χ4n) is 1.99. The first-order valence-corrected chi connectivity index (χ1v) is 6.42. The number of amides is 1. The summed E-state index contributed by atoms with van der Waals surface area (Å²) in [7, 11) is 0. The number of hydrogen-bond donors (Lipinski definition) is 3. The van der Waals surface area contributed by atoms with E-state index < -0.39 is 11.4 Å². The second-order valence-electron chi connectivity index (χ2n) is 4.89. The van der Waals surface area contributed by atoms with Crippen LogP contribution in [0.5, 0.6) is 0 Å². The topological polar surface area (TPSA) is 108 Å². The van der Waals surface area contributed by atoms with Crippen molar-refractivity contribution in [2.24, 2.45) is 0 Å². The van der Waals surface area contributed by atoms with Gasteiger partial charge in [0.15, 0.2) is 0 Å². The van der Waals surface area contributed by atoms with Crippen LogP contribution in [0.15, 0.2) is 36.7 Å². The molecular weight excluding hydrogens is 272 g/mol. The van der Waals surface area contributed by atoms with E-state index in [1.54, 1.807) is 37.3 Å². The number of carboxylic acid groups (broad SMARTS) is 1. The van der Waals surface area contributed by atoms with Crippen LogP contribution in [-0.4, -0.2) is 32.2 Å². The van der Waals surface area contributed by atoms with E-state index in [1.807, 2.05) is 0 Å². The number of H-pyrrole nitrogens is 1. The van der Waals surface area contributed by atoms with Crippen LogP contribution in [0.1, 0.15) is 24.7 Å². The molecule has 7 heteroatoms. The maximum Gasteiger partial charge on any atom is 0.314 e. The van der Waals surface area contributed by atoms with Crippen molar-refractivity contribution in [2.75, 3.05) is 0 Å². The molecule has 0 fully saturated rings. The summed E-state index contributed by atoms with van der Waals surface area (Å²) in [4.78, 5) is 27.5. The fourth-order valence-corrected chi connectivity index (χ4v) is 1.99. The van der Waals surface area contributed by atoms with E-state index >= 15 is 0 Å². The molecule has 110 valence electrons. The molecule has 0 aliphatic carbocycles. The Labute approximate surface area is 121 Å². The van der Waals surface area contributed by atoms with Crippen molar-refractivity contribution in [1.29, 1.82) is 0 Å². The van der Waals surface area contributed by atoms with Gasteiger partial charge < -0.3 is 10.4 Å². The lowest BCUT2D eigenvalue weighted by Gasteiger charge is -2.24. The molecule has 0 bridgehead atoms. The van der Waals surface area contributed by atoms with Gasteiger partial charge in [-0.2, -0.15) is 5.10 Å². The zero-order valence-electron chi connectivity index (χ0n) is 11.5. The average molecular weight is 288 g/mol. The first kappa shape index (κ1) is 14.7. The minimum absolute atomic E-state index is 0.152. The molecule has 0 saturated carbocycles. The van der Waals surface area contributed by atoms with Gasteiger partial charge in [-0.25, -0.2) is 4.98 Å². The van der Waals surface area contributed by atoms with Crippen LogP contribution < -0.4 is 5.32 Å². The van der Waals surface area contributed by atoms with Crippen molar-refractivity contribution in [3.63, 3.8) is 0 Å². The standard InChI is InChI=1S/C14H16N4O3/c1-14(13(20)21,10-5-3-2-4-6-10)7-12(19)15-8-11-16-9-17-18-11/h2-6,9H,7-8H2,1H3,(H,15,19)(H,20,21)(H,16,17,18). The second kappa shape index (κ2) is 6.17. The van der Waals surface area contributed by atoms with E-state index in [2.05, 4.69) is 20.5 Å². The summed E-state index contributed by atoms with van der Waals surface area (Å²) in [6.45, 7) is 1.72. The SMILES string of the molecule is CC(CC(=O)NCc1ncn[nH]1)(C(=O)O)c1ccccc1. The molecule has 1 heterocycles. The van der Waals surface area contributed by atoms with Crippen molar-refractivity contribution >= 4 is 11.9 Å². The fraction of sp³-hybridized carbons (Fsp3) is 0.286. The van der Waals surface area contributed by atoms with E-state index in [0.29, 0.717) is 11.4 Å². The smallest absolute Gasteiger partial charge is 0.314 e. The van der Waals surface area contributed by atoms with Crippen LogP contribution in [0.25, 0.3) is 0 Å². The lowest BCUT2D eigenvalue weighted by atomic mass is 9.79. The van der Waals surface area contributed by atoms with Gasteiger partial charge in [0, 0.05) is 6.42 Å². The van der Waals surface area contributed by atoms with Crippen LogP contribution in [0, 0.1) is 0 Å². The van der Waals surface area contributed by atoms with Gasteiger partial charge in [-0.3, -0.25) is 14.7 Å². The third-order valence-electron chi connectivity index (χ3n) is 3.31. The highest BCUT2D eigenvalue weighted by Crippen LogP contribution is 2.27. The maximum absolute atomic E-state index is 12.0. The summed E-state index contributed by atoms with van der Waals surface area (Å²) in [6, 6.07) is 8.72. The third-order valence-corrected chi connectivity index (χ3v) is 3.31. The molecule has 1 atom stereocenters. The normalized spacial score (nSPS) is 13.4. The molecule has 2 rings (SSSR count). The molecule has 1 aromatic carbocycles. The molecule has 1 amide bonds. The van der Waals surface area contributed by atoms with Crippen molar-refractivity contribution in [3.8, 4) is 0 Å². The monoisotopic (exact) mass is 288 g/mol. The number of aliphatic carboxylic acids is 1. The largest absolute Gasteiger partial charge is 0.481 e. The number of aromatic amines is 1. The quantitative estimate of drug-likeness (QED) is 0.730. The zero-order chi connectivity index (χ0) is 15.3. The second-order valence-corrected chi connectivity index (χ2v) is 4.89. The van der Waals surface area contributed by atoms with Gasteiger partial charge in [0.2, 0.25) is 5.91 Å². The van der Waals surface area contributed by atoms with E-state index in [0.717, 1.165) is 0 Å². The Hall–Kier alpha value is -2.70. The Kier molecular flexibility index (Phi) is 4.32. The highest BCUT2D eigenvalue weighted by Gasteiger charge is 2.37. The number of aromatic nitrogens is 3. The third kappa shape index (κ3) is 3.44. The minimum atomic E-state index is -1.27. The van der Waals surface area contributed by atoms with Crippen molar-refractivity contribution in [2.45, 2.75) is 25.3 Å². The molecule has 1 unspecified atom stereocenters. The maximum atomic E-state index is 12.0. The van der Waals surface area contributed by atoms with Crippen LogP contribution in [0.2, 0.25) is 0 Å². The van der Waals surface area contributed by atoms with Crippen molar-refractivity contribution in [1.82, 2.24) is 20.5 Å². The molecule has 0 spiro atoms. The molecule has 7 nitrogen and oxygen atoms in total. The summed E-state index contributed by atoms with van der Waals surface area (Å²) in [5.74, 6) is -0.885. The highest BCUT2D eigenvalue weighted by atomic mass is 16.4. The molecule has 2 aromatic rings. The zero-order valence-corrected chi connectivity index (χ0v) is 11.5. The van der Waals surface area contributed by atoms with E-state index in [9.17, 15) is 14.7 Å². The van der Waals surface area contributed by atoms with Crippen LogP contribution in [0.3, 0.4) is 0 Å². The van der Waals surface area contributed by atoms with Crippen LogP contribution >= 0.6 is 0 Å². The molecule has 0 radical (unpaired) electrons. The van der Waals surface area contributed by atoms with Gasteiger partial charge in [-0.05, 0) is 12.5 Å². The number of carbonyl (C=O) groups is 2. The molecule has 21 heavy (non-hydrogen) atoms. The minimum Gasteiger partial charge on any atom is -0.481 e. The first-order valence-electron chi connectivity index (χ1n) is 6.42. The summed E-state index contributed by atoms with van der Waals surface area (Å²) in [5, 5.41) is 18.4. The Bertz CT molecular complexity index is 612. The van der Waals surface area contributed by atoms with E-state index in [4.69, 9.17) is 0 Å². The number of carboxylic acids is 1. The number of benzene rings is 1. The number of rotatable bonds is 6. The van der Waals surface area contributed by atoms with Gasteiger partial charge >= 0.3 is 5.97 Å². The van der Waals surface area contributed by atoms with Gasteiger partial charge in [-0.1, -0.05) is 30.3 Å². The van der Waals surface area contributed by atoms with Crippen molar-refractivity contribution < 1.29 is 14.7 Å². The Morgan fingerprint density at radius 1 is 1.33 bits per heavy atom. The number of carbonyl (C=O) groups excluding carboxylic acids is 1. The molecule has 0 aliphatic heterocycles. The van der Waals surface area contributed by atoms with Crippen LogP contribution in [0.4, 0.5) is 0 Å². The van der Waals surface area contributed by atoms with Gasteiger partial charge in [0.1, 0.15) is 12.2 Å². The van der Waals surface area contributed by atoms with Crippen molar-refractivity contribution in [3.05, 3.63) is 48.0 Å². The average Bonchev–Trinajstić information content (AvgIpc) is 2.99. The lowest BCUT2D eigenvalue weighted by molar-refractivity contribution is -0.145. The summed E-state index contributed by atoms with van der Waals surface area (Å²) in [6.07, 6.45) is 1.19. The van der Waals surface area contributed by atoms with Gasteiger partial charge in [0.25, 0.3) is 0 Å².